The maximum Gasteiger partial charge on any atom is 0.257 e. The highest BCUT2D eigenvalue weighted by molar-refractivity contribution is 6.07. The predicted octanol–water partition coefficient (Wildman–Crippen LogP) is 3.58. The highest BCUT2D eigenvalue weighted by atomic mass is 16.5. The molecule has 0 aliphatic carbocycles. The first-order valence-electron chi connectivity index (χ1n) is 17.1. The summed E-state index contributed by atoms with van der Waals surface area (Å²) >= 11 is 0. The fraction of sp³-hybridized carbons (Fsp3) is 0.649. The summed E-state index contributed by atoms with van der Waals surface area (Å²) in [5, 5.41) is 2.95. The van der Waals surface area contributed by atoms with E-state index >= 15 is 0 Å². The van der Waals surface area contributed by atoms with Gasteiger partial charge >= 0.3 is 0 Å². The van der Waals surface area contributed by atoms with E-state index in [0.29, 0.717) is 18.6 Å². The summed E-state index contributed by atoms with van der Waals surface area (Å²) in [6.07, 6.45) is 2.27. The molecule has 0 bridgehead atoms. The third-order valence-corrected chi connectivity index (χ3v) is 9.43. The van der Waals surface area contributed by atoms with E-state index in [2.05, 4.69) is 5.32 Å². The van der Waals surface area contributed by atoms with Gasteiger partial charge in [-0.15, -0.1) is 0 Å². The highest BCUT2D eigenvalue weighted by Gasteiger charge is 2.46. The molecular weight excluding hydrogens is 610 g/mol. The lowest BCUT2D eigenvalue weighted by atomic mass is 9.92. The first kappa shape index (κ1) is 40.4. The van der Waals surface area contributed by atoms with E-state index < -0.39 is 53.8 Å². The summed E-state index contributed by atoms with van der Waals surface area (Å²) in [7, 11) is 8.26. The Morgan fingerprint density at radius 2 is 1.35 bits per heavy atom. The number of nitrogens with one attached hydrogen (secondary N) is 1. The minimum Gasteiger partial charge on any atom is -0.499 e. The van der Waals surface area contributed by atoms with Gasteiger partial charge in [0.2, 0.25) is 17.7 Å². The minimum absolute atomic E-state index is 0.0132. The molecule has 1 aliphatic rings. The molecular formula is C37H59N5O6. The molecule has 0 fully saturated rings. The molecule has 5 amide bonds. The van der Waals surface area contributed by atoms with Crippen molar-refractivity contribution >= 4 is 29.5 Å². The smallest absolute Gasteiger partial charge is 0.257 e. The van der Waals surface area contributed by atoms with E-state index in [4.69, 9.17) is 4.74 Å². The van der Waals surface area contributed by atoms with Crippen LogP contribution in [0.25, 0.3) is 0 Å². The van der Waals surface area contributed by atoms with Gasteiger partial charge in [-0.25, -0.2) is 0 Å². The topological polar surface area (TPSA) is 120 Å². The normalized spacial score (nSPS) is 18.0. The second-order valence-corrected chi connectivity index (χ2v) is 14.3. The Bertz CT molecular complexity index is 1300. The van der Waals surface area contributed by atoms with E-state index in [1.807, 2.05) is 105 Å². The van der Waals surface area contributed by atoms with Gasteiger partial charge in [0, 0.05) is 26.6 Å². The molecule has 0 saturated heterocycles. The van der Waals surface area contributed by atoms with Gasteiger partial charge in [-0.2, -0.15) is 0 Å². The minimum atomic E-state index is -0.980. The van der Waals surface area contributed by atoms with Crippen LogP contribution < -0.4 is 5.32 Å². The van der Waals surface area contributed by atoms with Crippen molar-refractivity contribution < 1.29 is 28.7 Å². The van der Waals surface area contributed by atoms with E-state index in [9.17, 15) is 24.0 Å². The number of methoxy groups -OCH3 is 1. The zero-order chi connectivity index (χ0) is 36.6. The molecule has 0 radical (unpaired) electrons. The van der Waals surface area contributed by atoms with Crippen molar-refractivity contribution in [3.63, 3.8) is 0 Å². The molecule has 11 heteroatoms. The van der Waals surface area contributed by atoms with Crippen molar-refractivity contribution in [2.24, 2.45) is 23.7 Å². The van der Waals surface area contributed by atoms with E-state index in [-0.39, 0.29) is 29.6 Å². The van der Waals surface area contributed by atoms with Gasteiger partial charge in [0.25, 0.3) is 11.8 Å². The molecule has 1 aliphatic heterocycles. The standard InChI is InChI=1S/C37H59N5O6/c1-14-25(8)33(37(47)42-27(28(48-13)21-29(42)43)20-26-18-16-15-17-19-26)41(12)36(46)32(24(6)7)40(11)35(45)30(22(2)3)38-34(44)31(23(4)5)39(9)10/h15-19,21-25,27,30-33H,14,20H2,1-13H3,(H,38,44)/t25-,27-,30-,31-,32-,33-/m0/s1. The Morgan fingerprint density at radius 1 is 0.812 bits per heavy atom. The van der Waals surface area contributed by atoms with Crippen molar-refractivity contribution in [1.82, 2.24) is 24.9 Å². The van der Waals surface area contributed by atoms with Gasteiger partial charge in [0.1, 0.15) is 29.9 Å². The molecule has 2 rings (SSSR count). The lowest BCUT2D eigenvalue weighted by Gasteiger charge is -2.41. The van der Waals surface area contributed by atoms with Crippen LogP contribution in [0.2, 0.25) is 0 Å². The number of nitrogens with zero attached hydrogens (tertiary/aromatic N) is 4. The number of rotatable bonds is 16. The Morgan fingerprint density at radius 3 is 1.81 bits per heavy atom. The lowest BCUT2D eigenvalue weighted by molar-refractivity contribution is -0.157. The number of ether oxygens (including phenoxy) is 1. The van der Waals surface area contributed by atoms with Crippen LogP contribution in [0.5, 0.6) is 0 Å². The average Bonchev–Trinajstić information content (AvgIpc) is 3.33. The first-order valence-corrected chi connectivity index (χ1v) is 17.1. The molecule has 0 unspecified atom stereocenters. The van der Waals surface area contributed by atoms with Crippen LogP contribution in [-0.4, -0.2) is 115 Å². The molecule has 0 saturated carbocycles. The molecule has 0 spiro atoms. The molecule has 268 valence electrons. The van der Waals surface area contributed by atoms with Gasteiger partial charge < -0.3 is 19.9 Å². The third-order valence-electron chi connectivity index (χ3n) is 9.43. The SMILES string of the molecule is CC[C@H](C)[C@@H](C(=O)N1C(=O)C=C(OC)[C@@H]1Cc1ccccc1)N(C)C(=O)[C@H](C(C)C)N(C)C(=O)[C@@H](NC(=O)[C@H](C(C)C)N(C)C)C(C)C. The van der Waals surface area contributed by atoms with E-state index in [1.165, 1.54) is 27.9 Å². The Balaban J connectivity index is 2.45. The molecule has 1 aromatic carbocycles. The van der Waals surface area contributed by atoms with Crippen molar-refractivity contribution in [3.05, 3.63) is 47.7 Å². The van der Waals surface area contributed by atoms with Crippen LogP contribution in [0.3, 0.4) is 0 Å². The number of hydrogen-bond donors (Lipinski definition) is 1. The monoisotopic (exact) mass is 669 g/mol. The summed E-state index contributed by atoms with van der Waals surface area (Å²) in [6.45, 7) is 15.1. The Labute approximate surface area is 288 Å². The number of carbonyl (C=O) groups excluding carboxylic acids is 5. The molecule has 48 heavy (non-hydrogen) atoms. The third kappa shape index (κ3) is 9.24. The zero-order valence-corrected chi connectivity index (χ0v) is 31.3. The maximum atomic E-state index is 14.4. The predicted molar refractivity (Wildman–Crippen MR) is 187 cm³/mol. The number of imide groups is 1. The number of carbonyl (C=O) groups is 5. The summed E-state index contributed by atoms with van der Waals surface area (Å²) in [6, 6.07) is 5.67. The largest absolute Gasteiger partial charge is 0.499 e. The summed E-state index contributed by atoms with van der Waals surface area (Å²) in [4.78, 5) is 75.5. The Hall–Kier alpha value is -3.73. The maximum absolute atomic E-state index is 14.4. The molecule has 0 aromatic heterocycles. The summed E-state index contributed by atoms with van der Waals surface area (Å²) < 4.78 is 5.55. The number of amides is 5. The second kappa shape index (κ2) is 17.6. The van der Waals surface area contributed by atoms with Crippen molar-refractivity contribution in [2.75, 3.05) is 35.3 Å². The fourth-order valence-electron chi connectivity index (χ4n) is 6.70. The van der Waals surface area contributed by atoms with E-state index in [0.717, 1.165) is 5.56 Å². The van der Waals surface area contributed by atoms with Crippen LogP contribution in [0.1, 0.15) is 67.4 Å². The van der Waals surface area contributed by atoms with Crippen LogP contribution in [0, 0.1) is 23.7 Å². The number of likely N-dealkylation sites (N-methyl/N-ethyl adjacent to an activating group) is 3. The van der Waals surface area contributed by atoms with Crippen LogP contribution in [0.15, 0.2) is 42.2 Å². The van der Waals surface area contributed by atoms with Crippen LogP contribution in [0.4, 0.5) is 0 Å². The van der Waals surface area contributed by atoms with Gasteiger partial charge in [-0.1, -0.05) is 92.1 Å². The molecule has 1 heterocycles. The first-order chi connectivity index (χ1) is 22.4. The van der Waals surface area contributed by atoms with Crippen molar-refractivity contribution in [2.45, 2.75) is 98.4 Å². The fourth-order valence-corrected chi connectivity index (χ4v) is 6.70. The van der Waals surface area contributed by atoms with Crippen molar-refractivity contribution in [1.29, 1.82) is 0 Å². The average molecular weight is 670 g/mol. The van der Waals surface area contributed by atoms with Gasteiger partial charge in [-0.3, -0.25) is 33.8 Å². The molecule has 1 N–H and O–H groups in total. The Kier molecular flexibility index (Phi) is 14.8. The van der Waals surface area contributed by atoms with Gasteiger partial charge in [0.05, 0.1) is 13.2 Å². The zero-order valence-electron chi connectivity index (χ0n) is 31.3. The highest BCUT2D eigenvalue weighted by Crippen LogP contribution is 2.29. The summed E-state index contributed by atoms with van der Waals surface area (Å²) in [5.41, 5.74) is 0.930. The summed E-state index contributed by atoms with van der Waals surface area (Å²) in [5.74, 6) is -2.55. The van der Waals surface area contributed by atoms with Crippen LogP contribution >= 0.6 is 0 Å². The molecule has 6 atom stereocenters. The van der Waals surface area contributed by atoms with Crippen LogP contribution in [-0.2, 0) is 35.1 Å². The second-order valence-electron chi connectivity index (χ2n) is 14.3. The lowest BCUT2D eigenvalue weighted by Crippen LogP contribution is -2.62. The molecule has 11 nitrogen and oxygen atoms in total. The molecule has 1 aromatic rings. The van der Waals surface area contributed by atoms with E-state index in [1.54, 1.807) is 14.1 Å². The quantitative estimate of drug-likeness (QED) is 0.286. The number of hydrogen-bond acceptors (Lipinski definition) is 7. The van der Waals surface area contributed by atoms with Gasteiger partial charge in [-0.05, 0) is 43.3 Å². The number of benzene rings is 1. The van der Waals surface area contributed by atoms with Gasteiger partial charge in [0.15, 0.2) is 0 Å². The van der Waals surface area contributed by atoms with Crippen molar-refractivity contribution in [3.8, 4) is 0 Å².